The van der Waals surface area contributed by atoms with Crippen LogP contribution in [0.3, 0.4) is 0 Å². The van der Waals surface area contributed by atoms with E-state index in [1.165, 1.54) is 0 Å². The van der Waals surface area contributed by atoms with Crippen molar-refractivity contribution in [1.82, 2.24) is 4.98 Å². The molecule has 2 aromatic rings. The largest absolute Gasteiger partial charge is 0.361 e. The number of fused-ring (bicyclic) bond motifs is 1. The van der Waals surface area contributed by atoms with Crippen molar-refractivity contribution < 1.29 is 4.79 Å². The first-order chi connectivity index (χ1) is 7.67. The van der Waals surface area contributed by atoms with Crippen LogP contribution >= 0.6 is 0 Å². The van der Waals surface area contributed by atoms with Crippen LogP contribution in [-0.2, 0) is 4.79 Å². The second kappa shape index (κ2) is 3.09. The lowest BCUT2D eigenvalue weighted by Gasteiger charge is -2.09. The number of carbonyl (C=O) groups is 1. The van der Waals surface area contributed by atoms with Gasteiger partial charge in [-0.2, -0.15) is 0 Å². The highest BCUT2D eigenvalue weighted by Crippen LogP contribution is 2.33. The van der Waals surface area contributed by atoms with E-state index in [0.717, 1.165) is 29.4 Å². The van der Waals surface area contributed by atoms with Gasteiger partial charge in [0.25, 0.3) is 0 Å². The number of nitrogens with two attached hydrogens (primary N) is 1. The molecule has 1 heterocycles. The summed E-state index contributed by atoms with van der Waals surface area (Å²) in [6.07, 6.45) is 3.44. The molecule has 4 heteroatoms. The van der Waals surface area contributed by atoms with E-state index in [4.69, 9.17) is 5.73 Å². The van der Waals surface area contributed by atoms with E-state index < -0.39 is 5.54 Å². The summed E-state index contributed by atoms with van der Waals surface area (Å²) in [5, 5.41) is 3.93. The molecule has 1 aliphatic rings. The standard InChI is InChI=1S/C12H13N3O/c13-12(4-5-12)11(16)15-9-1-2-10-8(7-9)3-6-14-10/h1-3,6-7,14H,4-5,13H2,(H,15,16). The van der Waals surface area contributed by atoms with Gasteiger partial charge in [0, 0.05) is 22.8 Å². The number of hydrogen-bond donors (Lipinski definition) is 3. The number of rotatable bonds is 2. The summed E-state index contributed by atoms with van der Waals surface area (Å²) in [4.78, 5) is 14.8. The SMILES string of the molecule is NC1(C(=O)Nc2ccc3[nH]ccc3c2)CC1. The fraction of sp³-hybridized carbons (Fsp3) is 0.250. The summed E-state index contributed by atoms with van der Waals surface area (Å²) in [6.45, 7) is 0. The van der Waals surface area contributed by atoms with Crippen molar-refractivity contribution in [3.8, 4) is 0 Å². The number of nitrogens with one attached hydrogen (secondary N) is 2. The van der Waals surface area contributed by atoms with Crippen LogP contribution in [0.4, 0.5) is 5.69 Å². The van der Waals surface area contributed by atoms with Crippen LogP contribution < -0.4 is 11.1 Å². The third-order valence-electron chi connectivity index (χ3n) is 3.05. The van der Waals surface area contributed by atoms with Crippen molar-refractivity contribution in [2.45, 2.75) is 18.4 Å². The van der Waals surface area contributed by atoms with E-state index in [0.29, 0.717) is 0 Å². The van der Waals surface area contributed by atoms with Crippen LogP contribution in [0.15, 0.2) is 30.5 Å². The van der Waals surface area contributed by atoms with Gasteiger partial charge in [0.2, 0.25) is 5.91 Å². The Morgan fingerprint density at radius 2 is 2.19 bits per heavy atom. The summed E-state index contributed by atoms with van der Waals surface area (Å²) >= 11 is 0. The number of amides is 1. The van der Waals surface area contributed by atoms with Gasteiger partial charge in [0.15, 0.2) is 0 Å². The number of hydrogen-bond acceptors (Lipinski definition) is 2. The first kappa shape index (κ1) is 9.42. The Labute approximate surface area is 92.8 Å². The third kappa shape index (κ3) is 1.47. The summed E-state index contributed by atoms with van der Waals surface area (Å²) < 4.78 is 0. The van der Waals surface area contributed by atoms with Crippen molar-refractivity contribution in [3.63, 3.8) is 0 Å². The molecule has 0 saturated heterocycles. The molecule has 1 aliphatic carbocycles. The molecular weight excluding hydrogens is 202 g/mol. The Bertz CT molecular complexity index is 554. The fourth-order valence-electron chi connectivity index (χ4n) is 1.75. The summed E-state index contributed by atoms with van der Waals surface area (Å²) in [7, 11) is 0. The van der Waals surface area contributed by atoms with Gasteiger partial charge >= 0.3 is 0 Å². The van der Waals surface area contributed by atoms with Crippen molar-refractivity contribution in [2.75, 3.05) is 5.32 Å². The number of aromatic nitrogens is 1. The normalized spacial score (nSPS) is 17.3. The predicted octanol–water partition coefficient (Wildman–Crippen LogP) is 1.60. The average molecular weight is 215 g/mol. The van der Waals surface area contributed by atoms with Gasteiger partial charge in [-0.3, -0.25) is 4.79 Å². The quantitative estimate of drug-likeness (QED) is 0.712. The minimum atomic E-state index is -0.618. The molecular formula is C12H13N3O. The summed E-state index contributed by atoms with van der Waals surface area (Å²) in [5.74, 6) is -0.0811. The lowest BCUT2D eigenvalue weighted by molar-refractivity contribution is -0.118. The lowest BCUT2D eigenvalue weighted by atomic mass is 10.2. The molecule has 1 fully saturated rings. The maximum atomic E-state index is 11.7. The Balaban J connectivity index is 1.86. The Hall–Kier alpha value is -1.81. The van der Waals surface area contributed by atoms with Gasteiger partial charge in [0.05, 0.1) is 5.54 Å². The van der Waals surface area contributed by atoms with Crippen LogP contribution in [0.25, 0.3) is 10.9 Å². The molecule has 0 aliphatic heterocycles. The molecule has 4 N–H and O–H groups in total. The highest BCUT2D eigenvalue weighted by molar-refractivity contribution is 6.01. The van der Waals surface area contributed by atoms with E-state index in [-0.39, 0.29) is 5.91 Å². The molecule has 4 nitrogen and oxygen atoms in total. The van der Waals surface area contributed by atoms with E-state index in [9.17, 15) is 4.79 Å². The average Bonchev–Trinajstić information content (AvgIpc) is 2.87. The van der Waals surface area contributed by atoms with Crippen LogP contribution in [0.2, 0.25) is 0 Å². The second-order valence-electron chi connectivity index (χ2n) is 4.39. The number of aromatic amines is 1. The van der Waals surface area contributed by atoms with Crippen LogP contribution in [0.5, 0.6) is 0 Å². The highest BCUT2D eigenvalue weighted by atomic mass is 16.2. The van der Waals surface area contributed by atoms with Crippen LogP contribution in [0.1, 0.15) is 12.8 Å². The molecule has 0 spiro atoms. The first-order valence-electron chi connectivity index (χ1n) is 5.35. The van der Waals surface area contributed by atoms with Crippen molar-refractivity contribution in [2.24, 2.45) is 5.73 Å². The van der Waals surface area contributed by atoms with E-state index >= 15 is 0 Å². The maximum absolute atomic E-state index is 11.7. The zero-order valence-electron chi connectivity index (χ0n) is 8.79. The third-order valence-corrected chi connectivity index (χ3v) is 3.05. The first-order valence-corrected chi connectivity index (χ1v) is 5.35. The molecule has 1 saturated carbocycles. The van der Waals surface area contributed by atoms with E-state index in [1.54, 1.807) is 0 Å². The molecule has 3 rings (SSSR count). The highest BCUT2D eigenvalue weighted by Gasteiger charge is 2.45. The van der Waals surface area contributed by atoms with Crippen molar-refractivity contribution >= 4 is 22.5 Å². The van der Waals surface area contributed by atoms with Crippen molar-refractivity contribution in [3.05, 3.63) is 30.5 Å². The predicted molar refractivity (Wildman–Crippen MR) is 63.1 cm³/mol. The molecule has 82 valence electrons. The zero-order valence-corrected chi connectivity index (χ0v) is 8.79. The van der Waals surface area contributed by atoms with Gasteiger partial charge in [-0.25, -0.2) is 0 Å². The van der Waals surface area contributed by atoms with Gasteiger partial charge in [-0.05, 0) is 37.1 Å². The lowest BCUT2D eigenvalue weighted by Crippen LogP contribution is -2.37. The maximum Gasteiger partial charge on any atom is 0.244 e. The number of carbonyl (C=O) groups excluding carboxylic acids is 1. The van der Waals surface area contributed by atoms with Gasteiger partial charge < -0.3 is 16.0 Å². The second-order valence-corrected chi connectivity index (χ2v) is 4.39. The topological polar surface area (TPSA) is 70.9 Å². The van der Waals surface area contributed by atoms with Gasteiger partial charge in [-0.1, -0.05) is 0 Å². The Morgan fingerprint density at radius 1 is 1.38 bits per heavy atom. The van der Waals surface area contributed by atoms with Crippen LogP contribution in [-0.4, -0.2) is 16.4 Å². The number of H-pyrrole nitrogens is 1. The molecule has 16 heavy (non-hydrogen) atoms. The molecule has 1 amide bonds. The molecule has 0 unspecified atom stereocenters. The van der Waals surface area contributed by atoms with Crippen molar-refractivity contribution in [1.29, 1.82) is 0 Å². The molecule has 1 aromatic carbocycles. The summed E-state index contributed by atoms with van der Waals surface area (Å²) in [5.41, 5.74) is 7.06. The monoisotopic (exact) mass is 215 g/mol. The zero-order chi connectivity index (χ0) is 11.2. The Morgan fingerprint density at radius 3 is 2.94 bits per heavy atom. The smallest absolute Gasteiger partial charge is 0.244 e. The summed E-state index contributed by atoms with van der Waals surface area (Å²) in [6, 6.07) is 7.74. The molecule has 0 atom stereocenters. The minimum absolute atomic E-state index is 0.0811. The molecule has 1 aromatic heterocycles. The molecule has 0 bridgehead atoms. The van der Waals surface area contributed by atoms with Gasteiger partial charge in [-0.15, -0.1) is 0 Å². The number of benzene rings is 1. The van der Waals surface area contributed by atoms with E-state index in [2.05, 4.69) is 10.3 Å². The minimum Gasteiger partial charge on any atom is -0.361 e. The fourth-order valence-corrected chi connectivity index (χ4v) is 1.75. The number of anilines is 1. The van der Waals surface area contributed by atoms with Gasteiger partial charge in [0.1, 0.15) is 0 Å². The Kier molecular flexibility index (Phi) is 1.82. The molecule has 0 radical (unpaired) electrons. The van der Waals surface area contributed by atoms with E-state index in [1.807, 2.05) is 30.5 Å². The van der Waals surface area contributed by atoms with Crippen LogP contribution in [0, 0.1) is 0 Å².